The molecule has 2 aliphatic rings. The minimum Gasteiger partial charge on any atom is -0.368 e. The molecule has 0 radical (unpaired) electrons. The molecular formula is C23H26N4O3. The number of benzene rings is 2. The smallest absolute Gasteiger partial charge is 0.228 e. The first kappa shape index (κ1) is 19.9. The zero-order chi connectivity index (χ0) is 21.1. The highest BCUT2D eigenvalue weighted by Gasteiger charge is 2.37. The molecule has 2 fully saturated rings. The number of para-hydroxylation sites is 1. The topological polar surface area (TPSA) is 73.0 Å². The number of carbonyl (C=O) groups is 3. The van der Waals surface area contributed by atoms with Gasteiger partial charge < -0.3 is 20.0 Å². The summed E-state index contributed by atoms with van der Waals surface area (Å²) in [7, 11) is 0. The van der Waals surface area contributed by atoms with Gasteiger partial charge in [-0.3, -0.25) is 14.4 Å². The van der Waals surface area contributed by atoms with Crippen molar-refractivity contribution in [1.82, 2.24) is 4.90 Å². The van der Waals surface area contributed by atoms with Crippen LogP contribution in [0.15, 0.2) is 54.6 Å². The third-order valence-electron chi connectivity index (χ3n) is 5.69. The van der Waals surface area contributed by atoms with Crippen molar-refractivity contribution in [2.24, 2.45) is 5.92 Å². The first-order valence-corrected chi connectivity index (χ1v) is 10.3. The highest BCUT2D eigenvalue weighted by molar-refractivity contribution is 6.00. The highest BCUT2D eigenvalue weighted by atomic mass is 16.2. The molecular weight excluding hydrogens is 380 g/mol. The number of rotatable bonds is 4. The second kappa shape index (κ2) is 8.57. The quantitative estimate of drug-likeness (QED) is 0.846. The summed E-state index contributed by atoms with van der Waals surface area (Å²) in [6.07, 6.45) is 0.241. The number of piperazine rings is 1. The molecule has 1 N–H and O–H groups in total. The summed E-state index contributed by atoms with van der Waals surface area (Å²) in [6, 6.07) is 17.3. The van der Waals surface area contributed by atoms with Crippen LogP contribution in [0.1, 0.15) is 13.3 Å². The van der Waals surface area contributed by atoms with E-state index in [4.69, 9.17) is 0 Å². The van der Waals surface area contributed by atoms with Gasteiger partial charge in [-0.05, 0) is 36.4 Å². The van der Waals surface area contributed by atoms with Gasteiger partial charge in [0, 0.05) is 63.1 Å². The average molecular weight is 406 g/mol. The fraction of sp³-hybridized carbons (Fsp3) is 0.348. The fourth-order valence-electron chi connectivity index (χ4n) is 4.13. The third kappa shape index (κ3) is 4.30. The van der Waals surface area contributed by atoms with E-state index < -0.39 is 0 Å². The molecule has 3 amide bonds. The van der Waals surface area contributed by atoms with E-state index >= 15 is 0 Å². The maximum Gasteiger partial charge on any atom is 0.228 e. The highest BCUT2D eigenvalue weighted by Crippen LogP contribution is 2.28. The second-order valence-corrected chi connectivity index (χ2v) is 7.78. The Morgan fingerprint density at radius 2 is 1.57 bits per heavy atom. The molecule has 2 saturated heterocycles. The van der Waals surface area contributed by atoms with Gasteiger partial charge in [0.05, 0.1) is 5.92 Å². The van der Waals surface area contributed by atoms with Gasteiger partial charge in [0.15, 0.2) is 0 Å². The normalized spacial score (nSPS) is 19.2. The minimum absolute atomic E-state index is 0.0384. The van der Waals surface area contributed by atoms with E-state index in [0.29, 0.717) is 25.3 Å². The summed E-state index contributed by atoms with van der Waals surface area (Å²) in [4.78, 5) is 42.6. The Morgan fingerprint density at radius 3 is 2.20 bits per heavy atom. The van der Waals surface area contributed by atoms with Crippen molar-refractivity contribution < 1.29 is 14.4 Å². The Morgan fingerprint density at radius 1 is 0.900 bits per heavy atom. The van der Waals surface area contributed by atoms with Gasteiger partial charge in [-0.15, -0.1) is 0 Å². The molecule has 0 spiro atoms. The van der Waals surface area contributed by atoms with Gasteiger partial charge in [0.25, 0.3) is 0 Å². The van der Waals surface area contributed by atoms with E-state index in [-0.39, 0.29) is 30.1 Å². The van der Waals surface area contributed by atoms with Crippen LogP contribution in [0.5, 0.6) is 0 Å². The van der Waals surface area contributed by atoms with Crippen LogP contribution in [-0.2, 0) is 14.4 Å². The van der Waals surface area contributed by atoms with Crippen LogP contribution in [0, 0.1) is 5.92 Å². The summed E-state index contributed by atoms with van der Waals surface area (Å²) in [5, 5.41) is 2.71. The third-order valence-corrected chi connectivity index (χ3v) is 5.69. The molecule has 4 rings (SSSR count). The first-order valence-electron chi connectivity index (χ1n) is 10.3. The summed E-state index contributed by atoms with van der Waals surface area (Å²) in [5.41, 5.74) is 2.61. The summed E-state index contributed by atoms with van der Waals surface area (Å²) in [6.45, 7) is 4.78. The van der Waals surface area contributed by atoms with Gasteiger partial charge in [0.2, 0.25) is 17.7 Å². The first-order chi connectivity index (χ1) is 14.5. The Balaban J connectivity index is 1.35. The van der Waals surface area contributed by atoms with E-state index in [9.17, 15) is 14.4 Å². The van der Waals surface area contributed by atoms with E-state index in [1.165, 1.54) is 12.6 Å². The molecule has 0 aliphatic carbocycles. The number of anilines is 3. The molecule has 7 nitrogen and oxygen atoms in total. The van der Waals surface area contributed by atoms with E-state index in [1.807, 2.05) is 23.1 Å². The Bertz CT molecular complexity index is 921. The number of carbonyl (C=O) groups excluding carboxylic acids is 3. The SMILES string of the molecule is CC(=O)Nc1ccc(N2C[C@@H](C(=O)N3CCN(c4ccccc4)CC3)CC2=O)cc1. The molecule has 0 saturated carbocycles. The molecule has 0 aromatic heterocycles. The Hall–Kier alpha value is -3.35. The zero-order valence-electron chi connectivity index (χ0n) is 17.1. The van der Waals surface area contributed by atoms with Crippen molar-refractivity contribution in [2.75, 3.05) is 47.8 Å². The number of nitrogens with zero attached hydrogens (tertiary/aromatic N) is 3. The van der Waals surface area contributed by atoms with Crippen molar-refractivity contribution in [3.05, 3.63) is 54.6 Å². The number of hydrogen-bond acceptors (Lipinski definition) is 4. The second-order valence-electron chi connectivity index (χ2n) is 7.78. The van der Waals surface area contributed by atoms with Crippen LogP contribution in [0.2, 0.25) is 0 Å². The van der Waals surface area contributed by atoms with Crippen LogP contribution in [0.3, 0.4) is 0 Å². The molecule has 2 aromatic rings. The Labute approximate surface area is 176 Å². The van der Waals surface area contributed by atoms with Crippen LogP contribution in [-0.4, -0.2) is 55.3 Å². The molecule has 0 unspecified atom stereocenters. The van der Waals surface area contributed by atoms with E-state index in [2.05, 4.69) is 22.3 Å². The lowest BCUT2D eigenvalue weighted by Crippen LogP contribution is -2.50. The summed E-state index contributed by atoms with van der Waals surface area (Å²) >= 11 is 0. The molecule has 30 heavy (non-hydrogen) atoms. The molecule has 2 aliphatic heterocycles. The Kier molecular flexibility index (Phi) is 5.70. The van der Waals surface area contributed by atoms with Crippen LogP contribution in [0.25, 0.3) is 0 Å². The molecule has 156 valence electrons. The zero-order valence-corrected chi connectivity index (χ0v) is 17.1. The van der Waals surface area contributed by atoms with E-state index in [1.54, 1.807) is 29.2 Å². The summed E-state index contributed by atoms with van der Waals surface area (Å²) < 4.78 is 0. The molecule has 0 bridgehead atoms. The largest absolute Gasteiger partial charge is 0.368 e. The van der Waals surface area contributed by atoms with Crippen LogP contribution < -0.4 is 15.1 Å². The minimum atomic E-state index is -0.309. The lowest BCUT2D eigenvalue weighted by atomic mass is 10.1. The van der Waals surface area contributed by atoms with Crippen molar-refractivity contribution in [3.63, 3.8) is 0 Å². The van der Waals surface area contributed by atoms with E-state index in [0.717, 1.165) is 18.8 Å². The van der Waals surface area contributed by atoms with Gasteiger partial charge >= 0.3 is 0 Å². The standard InChI is InChI=1S/C23H26N4O3/c1-17(28)24-19-7-9-21(10-8-19)27-16-18(15-22(27)29)23(30)26-13-11-25(12-14-26)20-5-3-2-4-6-20/h2-10,18H,11-16H2,1H3,(H,24,28)/t18-/m0/s1. The number of hydrogen-bond donors (Lipinski definition) is 1. The van der Waals surface area contributed by atoms with Crippen LogP contribution in [0.4, 0.5) is 17.1 Å². The lowest BCUT2D eigenvalue weighted by Gasteiger charge is -2.37. The van der Waals surface area contributed by atoms with Crippen molar-refractivity contribution in [1.29, 1.82) is 0 Å². The predicted molar refractivity (Wildman–Crippen MR) is 116 cm³/mol. The van der Waals surface area contributed by atoms with Crippen molar-refractivity contribution in [2.45, 2.75) is 13.3 Å². The molecule has 2 aromatic carbocycles. The van der Waals surface area contributed by atoms with Gasteiger partial charge in [-0.25, -0.2) is 0 Å². The van der Waals surface area contributed by atoms with Crippen molar-refractivity contribution in [3.8, 4) is 0 Å². The van der Waals surface area contributed by atoms with Gasteiger partial charge in [-0.2, -0.15) is 0 Å². The molecule has 1 atom stereocenters. The maximum absolute atomic E-state index is 13.0. The average Bonchev–Trinajstić information content (AvgIpc) is 3.16. The summed E-state index contributed by atoms with van der Waals surface area (Å²) in [5.74, 6) is -0.425. The molecule has 7 heteroatoms. The fourth-order valence-corrected chi connectivity index (χ4v) is 4.13. The molecule has 2 heterocycles. The lowest BCUT2D eigenvalue weighted by molar-refractivity contribution is -0.136. The van der Waals surface area contributed by atoms with Crippen LogP contribution >= 0.6 is 0 Å². The predicted octanol–water partition coefficient (Wildman–Crippen LogP) is 2.35. The van der Waals surface area contributed by atoms with Gasteiger partial charge in [-0.1, -0.05) is 18.2 Å². The number of amides is 3. The number of nitrogens with one attached hydrogen (secondary N) is 1. The van der Waals surface area contributed by atoms with Gasteiger partial charge in [0.1, 0.15) is 0 Å². The maximum atomic E-state index is 13.0. The van der Waals surface area contributed by atoms with Crippen molar-refractivity contribution >= 4 is 34.8 Å². The monoisotopic (exact) mass is 406 g/mol.